The normalized spacial score (nSPS) is 14.7. The lowest BCUT2D eigenvalue weighted by atomic mass is 10.1. The van der Waals surface area contributed by atoms with Gasteiger partial charge >= 0.3 is 0 Å². The number of hydrogen-bond acceptors (Lipinski definition) is 6. The minimum absolute atomic E-state index is 0.0965. The van der Waals surface area contributed by atoms with Crippen LogP contribution in [0.2, 0.25) is 0 Å². The van der Waals surface area contributed by atoms with Gasteiger partial charge in [-0.25, -0.2) is 14.4 Å². The van der Waals surface area contributed by atoms with Crippen molar-refractivity contribution < 1.29 is 9.18 Å². The summed E-state index contributed by atoms with van der Waals surface area (Å²) in [5.41, 5.74) is 1.70. The molecule has 3 heterocycles. The van der Waals surface area contributed by atoms with Crippen molar-refractivity contribution in [1.82, 2.24) is 15.0 Å². The monoisotopic (exact) mass is 392 g/mol. The fourth-order valence-corrected chi connectivity index (χ4v) is 3.28. The molecule has 1 saturated heterocycles. The second kappa shape index (κ2) is 8.22. The van der Waals surface area contributed by atoms with Crippen LogP contribution in [0.4, 0.5) is 27.5 Å². The molecule has 4 rings (SSSR count). The van der Waals surface area contributed by atoms with Crippen LogP contribution < -0.4 is 15.5 Å². The first-order valence-electron chi connectivity index (χ1n) is 9.46. The number of aromatic nitrogens is 3. The van der Waals surface area contributed by atoms with E-state index in [1.54, 1.807) is 35.6 Å². The Morgan fingerprint density at radius 3 is 2.59 bits per heavy atom. The number of halogens is 1. The fourth-order valence-electron chi connectivity index (χ4n) is 3.28. The van der Waals surface area contributed by atoms with Crippen molar-refractivity contribution >= 4 is 29.0 Å². The standard InChI is InChI=1S/C21H21FN6O/c1-14(15-4-6-16(22)7-5-15)25-18-11-17(28-10-2-3-21(28)29)12-19(26-18)27-20-13-23-8-9-24-20/h4-9,11-14H,2-3,10H2,1H3,(H2,24,25,26,27). The van der Waals surface area contributed by atoms with Crippen LogP contribution in [0.5, 0.6) is 0 Å². The van der Waals surface area contributed by atoms with E-state index in [-0.39, 0.29) is 17.8 Å². The Morgan fingerprint density at radius 1 is 1.10 bits per heavy atom. The van der Waals surface area contributed by atoms with E-state index in [1.165, 1.54) is 12.1 Å². The summed E-state index contributed by atoms with van der Waals surface area (Å²) in [6.45, 7) is 2.65. The summed E-state index contributed by atoms with van der Waals surface area (Å²) >= 11 is 0. The second-order valence-corrected chi connectivity index (χ2v) is 6.88. The van der Waals surface area contributed by atoms with Crippen molar-refractivity contribution in [3.63, 3.8) is 0 Å². The third-order valence-corrected chi connectivity index (χ3v) is 4.75. The Morgan fingerprint density at radius 2 is 1.90 bits per heavy atom. The van der Waals surface area contributed by atoms with Gasteiger partial charge in [0.15, 0.2) is 0 Å². The van der Waals surface area contributed by atoms with Crippen LogP contribution in [0.25, 0.3) is 0 Å². The van der Waals surface area contributed by atoms with Crippen molar-refractivity contribution in [3.8, 4) is 0 Å². The van der Waals surface area contributed by atoms with Gasteiger partial charge in [0, 0.05) is 43.5 Å². The molecule has 1 atom stereocenters. The summed E-state index contributed by atoms with van der Waals surface area (Å²) in [6.07, 6.45) is 6.16. The lowest BCUT2D eigenvalue weighted by molar-refractivity contribution is -0.117. The van der Waals surface area contributed by atoms with Gasteiger partial charge in [-0.2, -0.15) is 0 Å². The van der Waals surface area contributed by atoms with E-state index in [2.05, 4.69) is 25.6 Å². The Bertz CT molecular complexity index is 996. The largest absolute Gasteiger partial charge is 0.363 e. The lowest BCUT2D eigenvalue weighted by Gasteiger charge is -2.20. The lowest BCUT2D eigenvalue weighted by Crippen LogP contribution is -2.24. The fraction of sp³-hybridized carbons (Fsp3) is 0.238. The zero-order chi connectivity index (χ0) is 20.2. The van der Waals surface area contributed by atoms with Crippen molar-refractivity contribution in [1.29, 1.82) is 0 Å². The Kier molecular flexibility index (Phi) is 5.33. The van der Waals surface area contributed by atoms with Gasteiger partial charge in [-0.3, -0.25) is 9.78 Å². The molecule has 1 fully saturated rings. The minimum Gasteiger partial charge on any atom is -0.363 e. The van der Waals surface area contributed by atoms with Crippen LogP contribution in [-0.4, -0.2) is 27.4 Å². The molecule has 1 aliphatic rings. The van der Waals surface area contributed by atoms with Crippen LogP contribution in [0.15, 0.2) is 55.0 Å². The van der Waals surface area contributed by atoms with E-state index in [1.807, 2.05) is 19.1 Å². The Hall–Kier alpha value is -3.55. The van der Waals surface area contributed by atoms with Crippen LogP contribution in [0.3, 0.4) is 0 Å². The number of anilines is 4. The highest BCUT2D eigenvalue weighted by Crippen LogP contribution is 2.29. The van der Waals surface area contributed by atoms with E-state index in [9.17, 15) is 9.18 Å². The maximum atomic E-state index is 13.2. The number of nitrogens with zero attached hydrogens (tertiary/aromatic N) is 4. The zero-order valence-corrected chi connectivity index (χ0v) is 16.0. The third kappa shape index (κ3) is 4.48. The van der Waals surface area contributed by atoms with E-state index in [4.69, 9.17) is 0 Å². The number of amides is 1. The predicted molar refractivity (Wildman–Crippen MR) is 110 cm³/mol. The van der Waals surface area contributed by atoms with Crippen molar-refractivity contribution in [2.24, 2.45) is 0 Å². The molecule has 2 aromatic heterocycles. The van der Waals surface area contributed by atoms with E-state index in [0.29, 0.717) is 30.4 Å². The average molecular weight is 392 g/mol. The number of carbonyl (C=O) groups is 1. The highest BCUT2D eigenvalue weighted by atomic mass is 19.1. The van der Waals surface area contributed by atoms with Gasteiger partial charge in [0.05, 0.1) is 11.9 Å². The Labute approximate surface area is 168 Å². The number of nitrogens with one attached hydrogen (secondary N) is 2. The molecule has 148 valence electrons. The van der Waals surface area contributed by atoms with E-state index >= 15 is 0 Å². The van der Waals surface area contributed by atoms with Crippen LogP contribution in [0.1, 0.15) is 31.4 Å². The van der Waals surface area contributed by atoms with Crippen molar-refractivity contribution in [2.45, 2.75) is 25.8 Å². The van der Waals surface area contributed by atoms with Crippen molar-refractivity contribution in [2.75, 3.05) is 22.1 Å². The van der Waals surface area contributed by atoms with Crippen LogP contribution in [0, 0.1) is 5.82 Å². The number of hydrogen-bond donors (Lipinski definition) is 2. The van der Waals surface area contributed by atoms with Gasteiger partial charge in [0.25, 0.3) is 0 Å². The molecule has 0 saturated carbocycles. The maximum absolute atomic E-state index is 13.2. The molecule has 1 amide bonds. The molecule has 0 bridgehead atoms. The molecule has 0 aliphatic carbocycles. The third-order valence-electron chi connectivity index (χ3n) is 4.75. The van der Waals surface area contributed by atoms with Crippen LogP contribution >= 0.6 is 0 Å². The minimum atomic E-state index is -0.274. The number of rotatable bonds is 6. The number of pyridine rings is 1. The van der Waals surface area contributed by atoms with Crippen molar-refractivity contribution in [3.05, 3.63) is 66.4 Å². The summed E-state index contributed by atoms with van der Waals surface area (Å²) in [7, 11) is 0. The zero-order valence-electron chi connectivity index (χ0n) is 16.0. The highest BCUT2D eigenvalue weighted by Gasteiger charge is 2.23. The van der Waals surface area contributed by atoms with Gasteiger partial charge in [-0.1, -0.05) is 12.1 Å². The molecule has 3 aromatic rings. The smallest absolute Gasteiger partial charge is 0.227 e. The molecular formula is C21H21FN6O. The summed E-state index contributed by atoms with van der Waals surface area (Å²) in [4.78, 5) is 26.9. The maximum Gasteiger partial charge on any atom is 0.227 e. The quantitative estimate of drug-likeness (QED) is 0.658. The molecule has 29 heavy (non-hydrogen) atoms. The number of benzene rings is 1. The van der Waals surface area contributed by atoms with Gasteiger partial charge in [-0.05, 0) is 31.0 Å². The predicted octanol–water partition coefficient (Wildman–Crippen LogP) is 4.05. The van der Waals surface area contributed by atoms with Gasteiger partial charge in [-0.15, -0.1) is 0 Å². The first-order chi connectivity index (χ1) is 14.1. The summed E-state index contributed by atoms with van der Waals surface area (Å²) in [5, 5.41) is 6.47. The van der Waals surface area contributed by atoms with E-state index < -0.39 is 0 Å². The first kappa shape index (κ1) is 18.8. The molecule has 0 radical (unpaired) electrons. The SMILES string of the molecule is CC(Nc1cc(N2CCCC2=O)cc(Nc2cnccn2)n1)c1ccc(F)cc1. The molecule has 1 unspecified atom stereocenters. The first-order valence-corrected chi connectivity index (χ1v) is 9.46. The average Bonchev–Trinajstić information content (AvgIpc) is 3.15. The van der Waals surface area contributed by atoms with Gasteiger partial charge in [0.1, 0.15) is 23.3 Å². The second-order valence-electron chi connectivity index (χ2n) is 6.88. The molecule has 7 nitrogen and oxygen atoms in total. The highest BCUT2D eigenvalue weighted by molar-refractivity contribution is 5.96. The van der Waals surface area contributed by atoms with Crippen LogP contribution in [-0.2, 0) is 4.79 Å². The Balaban J connectivity index is 1.63. The summed E-state index contributed by atoms with van der Waals surface area (Å²) in [5.74, 6) is 1.53. The molecular weight excluding hydrogens is 371 g/mol. The molecule has 0 spiro atoms. The summed E-state index contributed by atoms with van der Waals surface area (Å²) < 4.78 is 13.2. The molecule has 8 heteroatoms. The van der Waals surface area contributed by atoms with Gasteiger partial charge in [0.2, 0.25) is 5.91 Å². The molecule has 1 aliphatic heterocycles. The molecule has 1 aromatic carbocycles. The summed E-state index contributed by atoms with van der Waals surface area (Å²) in [6, 6.07) is 9.91. The molecule has 2 N–H and O–H groups in total. The topological polar surface area (TPSA) is 83.0 Å². The van der Waals surface area contributed by atoms with E-state index in [0.717, 1.165) is 17.7 Å². The number of carbonyl (C=O) groups excluding carboxylic acids is 1. The van der Waals surface area contributed by atoms with Gasteiger partial charge < -0.3 is 15.5 Å².